The molecule has 3 heterocycles. The van der Waals surface area contributed by atoms with Crippen molar-refractivity contribution in [2.45, 2.75) is 13.0 Å². The summed E-state index contributed by atoms with van der Waals surface area (Å²) >= 11 is 5.88. The van der Waals surface area contributed by atoms with Crippen LogP contribution in [-0.2, 0) is 4.74 Å². The third kappa shape index (κ3) is 2.00. The van der Waals surface area contributed by atoms with Crippen LogP contribution >= 0.6 is 11.6 Å². The van der Waals surface area contributed by atoms with Crippen LogP contribution in [-0.4, -0.2) is 40.8 Å². The van der Waals surface area contributed by atoms with E-state index in [1.54, 1.807) is 6.07 Å². The Morgan fingerprint density at radius 2 is 2.28 bits per heavy atom. The molecule has 18 heavy (non-hydrogen) atoms. The zero-order valence-corrected chi connectivity index (χ0v) is 10.8. The molecule has 0 unspecified atom stereocenters. The lowest BCUT2D eigenvalue weighted by atomic mass is 10.2. The Hall–Kier alpha value is -1.46. The molecule has 0 saturated carbocycles. The first-order valence-corrected chi connectivity index (χ1v) is 6.25. The smallest absolute Gasteiger partial charge is 0.166 e. The average molecular weight is 265 g/mol. The van der Waals surface area contributed by atoms with Gasteiger partial charge >= 0.3 is 0 Å². The van der Waals surface area contributed by atoms with E-state index in [-0.39, 0.29) is 0 Å². The standard InChI is InChI=1S/C12H13ClN4O/c1-8-6-18-5-4-17(8)12-9-2-3-10(13)16-11(9)14-7-15-12/h2-3,7-8H,4-6H2,1H3/t8-/m0/s1. The van der Waals surface area contributed by atoms with Gasteiger partial charge in [-0.2, -0.15) is 0 Å². The zero-order chi connectivity index (χ0) is 12.5. The maximum Gasteiger partial charge on any atom is 0.166 e. The number of anilines is 1. The van der Waals surface area contributed by atoms with Crippen molar-refractivity contribution in [3.05, 3.63) is 23.6 Å². The number of nitrogens with zero attached hydrogens (tertiary/aromatic N) is 4. The van der Waals surface area contributed by atoms with E-state index in [4.69, 9.17) is 16.3 Å². The Balaban J connectivity index is 2.10. The molecule has 1 aliphatic rings. The third-order valence-electron chi connectivity index (χ3n) is 3.08. The van der Waals surface area contributed by atoms with E-state index in [1.165, 1.54) is 6.33 Å². The number of morpholine rings is 1. The van der Waals surface area contributed by atoms with Crippen LogP contribution in [0.3, 0.4) is 0 Å². The van der Waals surface area contributed by atoms with Gasteiger partial charge in [-0.15, -0.1) is 0 Å². The molecule has 1 fully saturated rings. The molecular weight excluding hydrogens is 252 g/mol. The van der Waals surface area contributed by atoms with Crippen molar-refractivity contribution in [3.63, 3.8) is 0 Å². The van der Waals surface area contributed by atoms with Gasteiger partial charge in [0.2, 0.25) is 0 Å². The number of hydrogen-bond donors (Lipinski definition) is 0. The fourth-order valence-corrected chi connectivity index (χ4v) is 2.32. The monoisotopic (exact) mass is 264 g/mol. The largest absolute Gasteiger partial charge is 0.377 e. The van der Waals surface area contributed by atoms with E-state index < -0.39 is 0 Å². The maximum absolute atomic E-state index is 5.88. The second-order valence-electron chi connectivity index (χ2n) is 4.32. The number of ether oxygens (including phenoxy) is 1. The van der Waals surface area contributed by atoms with Crippen molar-refractivity contribution < 1.29 is 4.74 Å². The van der Waals surface area contributed by atoms with Crippen LogP contribution in [0.2, 0.25) is 5.15 Å². The topological polar surface area (TPSA) is 51.1 Å². The van der Waals surface area contributed by atoms with Crippen LogP contribution < -0.4 is 4.90 Å². The summed E-state index contributed by atoms with van der Waals surface area (Å²) in [5.74, 6) is 0.903. The average Bonchev–Trinajstić information content (AvgIpc) is 2.38. The van der Waals surface area contributed by atoms with Gasteiger partial charge in [0.25, 0.3) is 0 Å². The van der Waals surface area contributed by atoms with Crippen molar-refractivity contribution >= 4 is 28.5 Å². The minimum absolute atomic E-state index is 0.299. The number of pyridine rings is 1. The molecule has 5 nitrogen and oxygen atoms in total. The summed E-state index contributed by atoms with van der Waals surface area (Å²) < 4.78 is 5.44. The summed E-state index contributed by atoms with van der Waals surface area (Å²) in [6, 6.07) is 3.98. The van der Waals surface area contributed by atoms with E-state index in [1.807, 2.05) is 6.07 Å². The molecule has 1 atom stereocenters. The summed E-state index contributed by atoms with van der Waals surface area (Å²) in [6.07, 6.45) is 1.53. The molecule has 2 aromatic heterocycles. The van der Waals surface area contributed by atoms with E-state index in [0.29, 0.717) is 23.4 Å². The van der Waals surface area contributed by atoms with Gasteiger partial charge in [-0.25, -0.2) is 15.0 Å². The van der Waals surface area contributed by atoms with Gasteiger partial charge in [0, 0.05) is 6.54 Å². The molecule has 0 spiro atoms. The number of halogens is 1. The first kappa shape index (κ1) is 11.6. The van der Waals surface area contributed by atoms with Crippen LogP contribution in [0.25, 0.3) is 11.0 Å². The molecule has 94 valence electrons. The van der Waals surface area contributed by atoms with Gasteiger partial charge in [-0.3, -0.25) is 0 Å². The zero-order valence-electron chi connectivity index (χ0n) is 10.0. The summed E-state index contributed by atoms with van der Waals surface area (Å²) in [4.78, 5) is 15.0. The van der Waals surface area contributed by atoms with Crippen LogP contribution in [0.15, 0.2) is 18.5 Å². The van der Waals surface area contributed by atoms with Gasteiger partial charge < -0.3 is 9.64 Å². The van der Waals surface area contributed by atoms with Gasteiger partial charge in [0.1, 0.15) is 17.3 Å². The minimum atomic E-state index is 0.299. The third-order valence-corrected chi connectivity index (χ3v) is 3.29. The van der Waals surface area contributed by atoms with Crippen molar-refractivity contribution in [3.8, 4) is 0 Å². The number of hydrogen-bond acceptors (Lipinski definition) is 5. The second kappa shape index (κ2) is 4.66. The molecule has 2 aromatic rings. The molecule has 0 amide bonds. The molecule has 0 N–H and O–H groups in total. The Morgan fingerprint density at radius 1 is 1.39 bits per heavy atom. The predicted octanol–water partition coefficient (Wildman–Crippen LogP) is 1.90. The predicted molar refractivity (Wildman–Crippen MR) is 70.0 cm³/mol. The highest BCUT2D eigenvalue weighted by Crippen LogP contribution is 2.25. The number of rotatable bonds is 1. The highest BCUT2D eigenvalue weighted by atomic mass is 35.5. The molecule has 1 aliphatic heterocycles. The highest BCUT2D eigenvalue weighted by molar-refractivity contribution is 6.29. The molecule has 3 rings (SSSR count). The van der Waals surface area contributed by atoms with Crippen molar-refractivity contribution in [1.29, 1.82) is 0 Å². The fourth-order valence-electron chi connectivity index (χ4n) is 2.18. The van der Waals surface area contributed by atoms with Crippen LogP contribution in [0.5, 0.6) is 0 Å². The van der Waals surface area contributed by atoms with E-state index in [2.05, 4.69) is 26.8 Å². The van der Waals surface area contributed by atoms with Gasteiger partial charge in [-0.1, -0.05) is 11.6 Å². The molecule has 0 aromatic carbocycles. The van der Waals surface area contributed by atoms with E-state index >= 15 is 0 Å². The Labute approximate surface area is 110 Å². The highest BCUT2D eigenvalue weighted by Gasteiger charge is 2.22. The molecule has 0 aliphatic carbocycles. The molecule has 1 saturated heterocycles. The lowest BCUT2D eigenvalue weighted by Crippen LogP contribution is -2.44. The number of aromatic nitrogens is 3. The van der Waals surface area contributed by atoms with Crippen molar-refractivity contribution in [1.82, 2.24) is 15.0 Å². The molecule has 0 bridgehead atoms. The quantitative estimate of drug-likeness (QED) is 0.737. The summed E-state index contributed by atoms with van der Waals surface area (Å²) in [5.41, 5.74) is 0.631. The SMILES string of the molecule is C[C@H]1COCCN1c1ncnc2nc(Cl)ccc12. The van der Waals surface area contributed by atoms with Crippen molar-refractivity contribution in [2.75, 3.05) is 24.7 Å². The molecule has 6 heteroatoms. The molecule has 0 radical (unpaired) electrons. The number of fused-ring (bicyclic) bond motifs is 1. The summed E-state index contributed by atoms with van der Waals surface area (Å²) in [7, 11) is 0. The van der Waals surface area contributed by atoms with Crippen LogP contribution in [0.1, 0.15) is 6.92 Å². The normalized spacial score (nSPS) is 20.3. The van der Waals surface area contributed by atoms with Crippen LogP contribution in [0, 0.1) is 0 Å². The summed E-state index contributed by atoms with van der Waals surface area (Å²) in [5, 5.41) is 1.37. The first-order valence-electron chi connectivity index (χ1n) is 5.87. The maximum atomic E-state index is 5.88. The molecular formula is C12H13ClN4O. The van der Waals surface area contributed by atoms with Gasteiger partial charge in [-0.05, 0) is 19.1 Å². The Bertz CT molecular complexity index is 577. The minimum Gasteiger partial charge on any atom is -0.377 e. The van der Waals surface area contributed by atoms with E-state index in [0.717, 1.165) is 24.4 Å². The van der Waals surface area contributed by atoms with Crippen LogP contribution in [0.4, 0.5) is 5.82 Å². The van der Waals surface area contributed by atoms with Gasteiger partial charge in [0.05, 0.1) is 24.6 Å². The lowest BCUT2D eigenvalue weighted by molar-refractivity contribution is 0.0987. The first-order chi connectivity index (χ1) is 8.75. The van der Waals surface area contributed by atoms with E-state index in [9.17, 15) is 0 Å². The summed E-state index contributed by atoms with van der Waals surface area (Å²) in [6.45, 7) is 4.38. The fraction of sp³-hybridized carbons (Fsp3) is 0.417. The van der Waals surface area contributed by atoms with Crippen molar-refractivity contribution in [2.24, 2.45) is 0 Å². The van der Waals surface area contributed by atoms with Gasteiger partial charge in [0.15, 0.2) is 5.65 Å². The second-order valence-corrected chi connectivity index (χ2v) is 4.71. The Kier molecular flexibility index (Phi) is 3.01. The lowest BCUT2D eigenvalue weighted by Gasteiger charge is -2.34. The Morgan fingerprint density at radius 3 is 3.11 bits per heavy atom.